The van der Waals surface area contributed by atoms with Crippen LogP contribution in [0.1, 0.15) is 34.3 Å². The number of benzene rings is 1. The van der Waals surface area contributed by atoms with Crippen LogP contribution < -0.4 is 9.80 Å². The number of aryl methyl sites for hydroxylation is 2. The van der Waals surface area contributed by atoms with Crippen LogP contribution in [0.5, 0.6) is 0 Å². The first-order valence-electron chi connectivity index (χ1n) is 10.7. The highest BCUT2D eigenvalue weighted by molar-refractivity contribution is 5.98. The van der Waals surface area contributed by atoms with Crippen molar-refractivity contribution in [3.8, 4) is 0 Å². The van der Waals surface area contributed by atoms with E-state index in [1.165, 1.54) is 9.80 Å². The molecule has 1 N–H and O–H groups in total. The van der Waals surface area contributed by atoms with E-state index in [0.29, 0.717) is 32.6 Å². The number of halogens is 2. The molecule has 2 aliphatic heterocycles. The average Bonchev–Trinajstić information content (AvgIpc) is 3.14. The number of pyridine rings is 1. The molecule has 2 aliphatic rings. The van der Waals surface area contributed by atoms with Crippen molar-refractivity contribution >= 4 is 23.3 Å². The molecule has 32 heavy (non-hydrogen) atoms. The Morgan fingerprint density at radius 3 is 2.38 bits per heavy atom. The van der Waals surface area contributed by atoms with Crippen molar-refractivity contribution in [2.24, 2.45) is 0 Å². The third-order valence-electron chi connectivity index (χ3n) is 6.11. The fourth-order valence-electron chi connectivity index (χ4n) is 4.49. The van der Waals surface area contributed by atoms with Crippen LogP contribution in [0.4, 0.5) is 20.3 Å². The molecular weight excluding hydrogens is 418 g/mol. The number of nitrogens with zero attached hydrogens (tertiary/aromatic N) is 4. The molecule has 0 saturated carbocycles. The molecule has 1 aromatic carbocycles. The van der Waals surface area contributed by atoms with Gasteiger partial charge < -0.3 is 19.8 Å². The maximum Gasteiger partial charge on any atom is 0.259 e. The Morgan fingerprint density at radius 1 is 1.12 bits per heavy atom. The molecule has 2 saturated heterocycles. The maximum absolute atomic E-state index is 14.9. The van der Waals surface area contributed by atoms with Crippen LogP contribution in [0, 0.1) is 25.5 Å². The SMILES string of the molecule is Cc1cnc(N2CCN(C(=O)c3c(F)cc(N4C(=O)CCC4CO)cc3F)CC2)c(C)c1. The summed E-state index contributed by atoms with van der Waals surface area (Å²) >= 11 is 0. The van der Waals surface area contributed by atoms with Gasteiger partial charge in [0.1, 0.15) is 23.0 Å². The number of aliphatic hydroxyl groups excluding tert-OH is 1. The average molecular weight is 444 g/mol. The summed E-state index contributed by atoms with van der Waals surface area (Å²) in [6.45, 7) is 5.28. The molecule has 9 heteroatoms. The molecule has 2 amide bonds. The van der Waals surface area contributed by atoms with E-state index < -0.39 is 29.1 Å². The van der Waals surface area contributed by atoms with E-state index in [4.69, 9.17) is 0 Å². The largest absolute Gasteiger partial charge is 0.394 e. The first-order valence-corrected chi connectivity index (χ1v) is 10.7. The van der Waals surface area contributed by atoms with Gasteiger partial charge in [0.2, 0.25) is 5.91 Å². The molecule has 0 radical (unpaired) electrons. The lowest BCUT2D eigenvalue weighted by Gasteiger charge is -2.36. The summed E-state index contributed by atoms with van der Waals surface area (Å²) in [6, 6.07) is 3.52. The molecule has 0 bridgehead atoms. The van der Waals surface area contributed by atoms with Crippen LogP contribution in [0.25, 0.3) is 0 Å². The number of aliphatic hydroxyl groups is 1. The van der Waals surface area contributed by atoms with E-state index in [1.807, 2.05) is 19.9 Å². The fourth-order valence-corrected chi connectivity index (χ4v) is 4.49. The summed E-state index contributed by atoms with van der Waals surface area (Å²) in [5, 5.41) is 9.45. The molecule has 0 spiro atoms. The molecule has 2 aromatic rings. The molecule has 1 atom stereocenters. The number of piperazine rings is 1. The highest BCUT2D eigenvalue weighted by Gasteiger charge is 2.34. The summed E-state index contributed by atoms with van der Waals surface area (Å²) in [6.07, 6.45) is 2.41. The van der Waals surface area contributed by atoms with E-state index in [2.05, 4.69) is 9.88 Å². The second-order valence-electron chi connectivity index (χ2n) is 8.36. The van der Waals surface area contributed by atoms with Crippen molar-refractivity contribution < 1.29 is 23.5 Å². The van der Waals surface area contributed by atoms with Crippen molar-refractivity contribution in [1.29, 1.82) is 0 Å². The summed E-state index contributed by atoms with van der Waals surface area (Å²) < 4.78 is 29.7. The minimum Gasteiger partial charge on any atom is -0.394 e. The second-order valence-corrected chi connectivity index (χ2v) is 8.36. The topological polar surface area (TPSA) is 77.0 Å². The molecule has 1 aromatic heterocycles. The van der Waals surface area contributed by atoms with Crippen LogP contribution >= 0.6 is 0 Å². The Hall–Kier alpha value is -3.07. The normalized spacial score (nSPS) is 19.1. The molecule has 0 aliphatic carbocycles. The number of amides is 2. The summed E-state index contributed by atoms with van der Waals surface area (Å²) in [4.78, 5) is 34.2. The molecular formula is C23H26F2N4O3. The third kappa shape index (κ3) is 4.04. The number of hydrogen-bond donors (Lipinski definition) is 1. The van der Waals surface area contributed by atoms with E-state index in [1.54, 1.807) is 6.20 Å². The Bertz CT molecular complexity index is 1030. The predicted molar refractivity (Wildman–Crippen MR) is 116 cm³/mol. The van der Waals surface area contributed by atoms with Gasteiger partial charge in [-0.15, -0.1) is 0 Å². The van der Waals surface area contributed by atoms with Gasteiger partial charge in [-0.3, -0.25) is 9.59 Å². The highest BCUT2D eigenvalue weighted by atomic mass is 19.1. The van der Waals surface area contributed by atoms with Gasteiger partial charge in [0, 0.05) is 44.5 Å². The predicted octanol–water partition coefficient (Wildman–Crippen LogP) is 2.43. The lowest BCUT2D eigenvalue weighted by atomic mass is 10.1. The number of hydrogen-bond acceptors (Lipinski definition) is 5. The Kier molecular flexibility index (Phi) is 6.10. The van der Waals surface area contributed by atoms with Gasteiger partial charge in [0.25, 0.3) is 5.91 Å². The third-order valence-corrected chi connectivity index (χ3v) is 6.11. The van der Waals surface area contributed by atoms with E-state index >= 15 is 0 Å². The Morgan fingerprint density at radius 2 is 1.78 bits per heavy atom. The number of rotatable bonds is 4. The zero-order valence-electron chi connectivity index (χ0n) is 18.1. The molecule has 7 nitrogen and oxygen atoms in total. The molecule has 4 rings (SSSR count). The first-order chi connectivity index (χ1) is 15.3. The van der Waals surface area contributed by atoms with Gasteiger partial charge >= 0.3 is 0 Å². The number of carbonyl (C=O) groups excluding carboxylic acids is 2. The molecule has 3 heterocycles. The molecule has 170 valence electrons. The maximum atomic E-state index is 14.9. The molecule has 1 unspecified atom stereocenters. The van der Waals surface area contributed by atoms with Crippen LogP contribution in [0.3, 0.4) is 0 Å². The smallest absolute Gasteiger partial charge is 0.259 e. The Balaban J connectivity index is 1.50. The Labute approximate surface area is 185 Å². The minimum atomic E-state index is -1.01. The lowest BCUT2D eigenvalue weighted by Crippen LogP contribution is -2.49. The first kappa shape index (κ1) is 22.1. The number of carbonyl (C=O) groups is 2. The van der Waals surface area contributed by atoms with E-state index in [9.17, 15) is 23.5 Å². The highest BCUT2D eigenvalue weighted by Crippen LogP contribution is 2.30. The summed E-state index contributed by atoms with van der Waals surface area (Å²) in [5.41, 5.74) is 1.49. The van der Waals surface area contributed by atoms with Gasteiger partial charge in [0.05, 0.1) is 12.6 Å². The van der Waals surface area contributed by atoms with Gasteiger partial charge in [-0.05, 0) is 43.5 Å². The number of anilines is 2. The van der Waals surface area contributed by atoms with Crippen LogP contribution in [-0.4, -0.2) is 65.6 Å². The van der Waals surface area contributed by atoms with Gasteiger partial charge in [-0.1, -0.05) is 6.07 Å². The minimum absolute atomic E-state index is 0.0174. The quantitative estimate of drug-likeness (QED) is 0.784. The lowest BCUT2D eigenvalue weighted by molar-refractivity contribution is -0.117. The van der Waals surface area contributed by atoms with E-state index in [-0.39, 0.29) is 24.6 Å². The van der Waals surface area contributed by atoms with Crippen LogP contribution in [0.2, 0.25) is 0 Å². The van der Waals surface area contributed by atoms with Crippen molar-refractivity contribution in [2.75, 3.05) is 42.6 Å². The number of aromatic nitrogens is 1. The van der Waals surface area contributed by atoms with Crippen LogP contribution in [0.15, 0.2) is 24.4 Å². The van der Waals surface area contributed by atoms with Crippen molar-refractivity contribution in [1.82, 2.24) is 9.88 Å². The van der Waals surface area contributed by atoms with Crippen molar-refractivity contribution in [2.45, 2.75) is 32.7 Å². The summed E-state index contributed by atoms with van der Waals surface area (Å²) in [5.74, 6) is -2.21. The van der Waals surface area contributed by atoms with Crippen molar-refractivity contribution in [3.05, 3.63) is 52.7 Å². The summed E-state index contributed by atoms with van der Waals surface area (Å²) in [7, 11) is 0. The van der Waals surface area contributed by atoms with Gasteiger partial charge in [0.15, 0.2) is 0 Å². The van der Waals surface area contributed by atoms with Gasteiger partial charge in [-0.2, -0.15) is 0 Å². The van der Waals surface area contributed by atoms with Crippen LogP contribution in [-0.2, 0) is 4.79 Å². The zero-order chi connectivity index (χ0) is 23.0. The zero-order valence-corrected chi connectivity index (χ0v) is 18.1. The van der Waals surface area contributed by atoms with Crippen molar-refractivity contribution in [3.63, 3.8) is 0 Å². The standard InChI is InChI=1S/C23H26F2N4O3/c1-14-9-15(2)22(26-12-14)27-5-7-28(8-6-27)23(32)21-18(24)10-17(11-19(21)25)29-16(13-30)3-4-20(29)31/h9-12,16,30H,3-8,13H2,1-2H3. The van der Waals surface area contributed by atoms with Gasteiger partial charge in [-0.25, -0.2) is 13.8 Å². The monoisotopic (exact) mass is 444 g/mol. The van der Waals surface area contributed by atoms with E-state index in [0.717, 1.165) is 29.1 Å². The fraction of sp³-hybridized carbons (Fsp3) is 0.435. The molecule has 2 fully saturated rings. The second kappa shape index (κ2) is 8.82.